The summed E-state index contributed by atoms with van der Waals surface area (Å²) >= 11 is 6.26. The van der Waals surface area contributed by atoms with E-state index >= 15 is 0 Å². The van der Waals surface area contributed by atoms with Gasteiger partial charge in [-0.25, -0.2) is 0 Å². The second-order valence-corrected chi connectivity index (χ2v) is 10.2. The van der Waals surface area contributed by atoms with Crippen LogP contribution in [0.3, 0.4) is 0 Å². The lowest BCUT2D eigenvalue weighted by Crippen LogP contribution is -2.49. The van der Waals surface area contributed by atoms with Crippen molar-refractivity contribution in [2.75, 3.05) is 0 Å². The van der Waals surface area contributed by atoms with Crippen LogP contribution in [0.4, 0.5) is 0 Å². The van der Waals surface area contributed by atoms with E-state index in [1.165, 1.54) is 19.3 Å². The first-order valence-electron chi connectivity index (χ1n) is 12.0. The highest BCUT2D eigenvalue weighted by Crippen LogP contribution is 2.49. The number of para-hydroxylation sites is 1. The van der Waals surface area contributed by atoms with Gasteiger partial charge in [-0.05, 0) is 87.6 Å². The van der Waals surface area contributed by atoms with Crippen molar-refractivity contribution in [1.82, 2.24) is 5.32 Å². The number of amides is 1. The van der Waals surface area contributed by atoms with E-state index in [1.807, 2.05) is 18.2 Å². The molecule has 32 heavy (non-hydrogen) atoms. The second-order valence-electron chi connectivity index (χ2n) is 9.73. The minimum atomic E-state index is -0.127. The van der Waals surface area contributed by atoms with Crippen LogP contribution in [0.15, 0.2) is 36.4 Å². The normalized spacial score (nSPS) is 21.5. The van der Waals surface area contributed by atoms with E-state index in [9.17, 15) is 4.79 Å². The Morgan fingerprint density at radius 2 is 2.00 bits per heavy atom. The largest absolute Gasteiger partial charge is 0.490 e. The average Bonchev–Trinajstić information content (AvgIpc) is 3.26. The van der Waals surface area contributed by atoms with E-state index in [1.54, 1.807) is 0 Å². The first-order chi connectivity index (χ1) is 15.5. The molecule has 5 heteroatoms. The van der Waals surface area contributed by atoms with Crippen molar-refractivity contribution in [2.45, 2.75) is 88.9 Å². The summed E-state index contributed by atoms with van der Waals surface area (Å²) in [5.74, 6) is 1.89. The maximum Gasteiger partial charge on any atom is 0.220 e. The van der Waals surface area contributed by atoms with Crippen molar-refractivity contribution < 1.29 is 14.3 Å². The standard InChI is InChI=1S/C27H32ClNO3/c1-18-6-4-7-19(26(18)31-21-8-2-3-9-21)10-13-25(30)29-23-17-27(14-5-15-27)32-24-12-11-20(28)16-22(23)24/h4,6-7,11-12,16,21,23H,2-3,5,8-10,13-15,17H2,1H3,(H,29,30)/t23-/m0/s1. The Labute approximate surface area is 195 Å². The molecular weight excluding hydrogens is 422 g/mol. The van der Waals surface area contributed by atoms with Gasteiger partial charge in [-0.1, -0.05) is 29.8 Å². The van der Waals surface area contributed by atoms with Gasteiger partial charge in [0, 0.05) is 23.4 Å². The predicted molar refractivity (Wildman–Crippen MR) is 127 cm³/mol. The number of carbonyl (C=O) groups excluding carboxylic acids is 1. The molecule has 0 unspecified atom stereocenters. The Morgan fingerprint density at radius 1 is 1.19 bits per heavy atom. The molecule has 2 aliphatic carbocycles. The Bertz CT molecular complexity index is 994. The van der Waals surface area contributed by atoms with E-state index in [4.69, 9.17) is 21.1 Å². The SMILES string of the molecule is Cc1cccc(CCC(=O)N[C@H]2CC3(CCC3)Oc3ccc(Cl)cc32)c1OC1CCCC1. The average molecular weight is 454 g/mol. The van der Waals surface area contributed by atoms with Gasteiger partial charge >= 0.3 is 0 Å². The van der Waals surface area contributed by atoms with E-state index in [2.05, 4.69) is 30.4 Å². The molecule has 1 atom stereocenters. The van der Waals surface area contributed by atoms with Crippen LogP contribution in [0, 0.1) is 6.92 Å². The first-order valence-corrected chi connectivity index (χ1v) is 12.4. The molecule has 2 fully saturated rings. The number of benzene rings is 2. The summed E-state index contributed by atoms with van der Waals surface area (Å²) in [6.07, 6.45) is 10.2. The third-order valence-corrected chi connectivity index (χ3v) is 7.59. The van der Waals surface area contributed by atoms with E-state index in [-0.39, 0.29) is 17.6 Å². The van der Waals surface area contributed by atoms with E-state index in [0.717, 1.165) is 60.3 Å². The molecule has 1 N–H and O–H groups in total. The van der Waals surface area contributed by atoms with Gasteiger partial charge in [-0.15, -0.1) is 0 Å². The molecule has 170 valence electrons. The third-order valence-electron chi connectivity index (χ3n) is 7.35. The second kappa shape index (κ2) is 8.97. The molecule has 2 saturated carbocycles. The van der Waals surface area contributed by atoms with Crippen molar-refractivity contribution in [2.24, 2.45) is 0 Å². The maximum atomic E-state index is 13.0. The number of rotatable bonds is 6. The smallest absolute Gasteiger partial charge is 0.220 e. The number of aryl methyl sites for hydroxylation is 2. The summed E-state index contributed by atoms with van der Waals surface area (Å²) in [5, 5.41) is 3.96. The fraction of sp³-hybridized carbons (Fsp3) is 0.519. The molecule has 1 amide bonds. The quantitative estimate of drug-likeness (QED) is 0.545. The van der Waals surface area contributed by atoms with Crippen molar-refractivity contribution in [3.63, 3.8) is 0 Å². The van der Waals surface area contributed by atoms with Crippen LogP contribution < -0.4 is 14.8 Å². The number of carbonyl (C=O) groups is 1. The zero-order chi connectivity index (χ0) is 22.1. The van der Waals surface area contributed by atoms with Gasteiger partial charge in [0.2, 0.25) is 5.91 Å². The zero-order valence-electron chi connectivity index (χ0n) is 18.8. The Morgan fingerprint density at radius 3 is 2.75 bits per heavy atom. The molecule has 0 saturated heterocycles. The summed E-state index contributed by atoms with van der Waals surface area (Å²) in [6.45, 7) is 2.09. The molecular formula is C27H32ClNO3. The molecule has 0 aromatic heterocycles. The lowest BCUT2D eigenvalue weighted by atomic mass is 9.73. The molecule has 5 rings (SSSR count). The van der Waals surface area contributed by atoms with Gasteiger partial charge in [-0.3, -0.25) is 4.79 Å². The van der Waals surface area contributed by atoms with Gasteiger partial charge in [-0.2, -0.15) is 0 Å². The van der Waals surface area contributed by atoms with E-state index < -0.39 is 0 Å². The molecule has 1 spiro atoms. The van der Waals surface area contributed by atoms with Crippen molar-refractivity contribution in [3.8, 4) is 11.5 Å². The number of ether oxygens (including phenoxy) is 2. The van der Waals surface area contributed by atoms with Crippen LogP contribution >= 0.6 is 11.6 Å². The maximum absolute atomic E-state index is 13.0. The topological polar surface area (TPSA) is 47.6 Å². The molecule has 2 aromatic rings. The zero-order valence-corrected chi connectivity index (χ0v) is 19.5. The van der Waals surface area contributed by atoms with Crippen molar-refractivity contribution in [3.05, 3.63) is 58.1 Å². The molecule has 0 bridgehead atoms. The summed E-state index contributed by atoms with van der Waals surface area (Å²) in [4.78, 5) is 13.0. The van der Waals surface area contributed by atoms with Gasteiger partial charge in [0.15, 0.2) is 0 Å². The summed E-state index contributed by atoms with van der Waals surface area (Å²) in [7, 11) is 0. The van der Waals surface area contributed by atoms with Gasteiger partial charge in [0.1, 0.15) is 17.1 Å². The Balaban J connectivity index is 1.27. The van der Waals surface area contributed by atoms with Crippen LogP contribution in [-0.4, -0.2) is 17.6 Å². The lowest BCUT2D eigenvalue weighted by molar-refractivity contribution is -0.123. The van der Waals surface area contributed by atoms with Gasteiger partial charge in [0.25, 0.3) is 0 Å². The molecule has 4 nitrogen and oxygen atoms in total. The molecule has 1 heterocycles. The molecule has 0 radical (unpaired) electrons. The third kappa shape index (κ3) is 4.47. The summed E-state index contributed by atoms with van der Waals surface area (Å²) in [5.41, 5.74) is 3.13. The van der Waals surface area contributed by atoms with Crippen LogP contribution in [0.2, 0.25) is 5.02 Å². The number of halogens is 1. The molecule has 2 aromatic carbocycles. The van der Waals surface area contributed by atoms with Crippen LogP contribution in [0.25, 0.3) is 0 Å². The Kier molecular flexibility index (Phi) is 6.07. The highest BCUT2D eigenvalue weighted by molar-refractivity contribution is 6.30. The minimum Gasteiger partial charge on any atom is -0.490 e. The summed E-state index contributed by atoms with van der Waals surface area (Å²) < 4.78 is 12.7. The molecule has 3 aliphatic rings. The number of fused-ring (bicyclic) bond motifs is 1. The monoisotopic (exact) mass is 453 g/mol. The fourth-order valence-electron chi connectivity index (χ4n) is 5.41. The highest BCUT2D eigenvalue weighted by atomic mass is 35.5. The highest BCUT2D eigenvalue weighted by Gasteiger charge is 2.46. The van der Waals surface area contributed by atoms with Crippen LogP contribution in [-0.2, 0) is 11.2 Å². The number of hydrogen-bond donors (Lipinski definition) is 1. The van der Waals surface area contributed by atoms with Crippen LogP contribution in [0.5, 0.6) is 11.5 Å². The summed E-state index contributed by atoms with van der Waals surface area (Å²) in [6, 6.07) is 11.9. The van der Waals surface area contributed by atoms with Crippen molar-refractivity contribution >= 4 is 17.5 Å². The van der Waals surface area contributed by atoms with Gasteiger partial charge < -0.3 is 14.8 Å². The Hall–Kier alpha value is -2.20. The van der Waals surface area contributed by atoms with E-state index in [0.29, 0.717) is 24.0 Å². The predicted octanol–water partition coefficient (Wildman–Crippen LogP) is 6.47. The lowest BCUT2D eigenvalue weighted by Gasteiger charge is -2.48. The molecule has 1 aliphatic heterocycles. The van der Waals surface area contributed by atoms with Crippen LogP contribution in [0.1, 0.15) is 80.5 Å². The number of hydrogen-bond acceptors (Lipinski definition) is 3. The first kappa shape index (κ1) is 21.6. The number of nitrogens with one attached hydrogen (secondary N) is 1. The van der Waals surface area contributed by atoms with Gasteiger partial charge in [0.05, 0.1) is 12.1 Å². The fourth-order valence-corrected chi connectivity index (χ4v) is 5.59. The minimum absolute atomic E-state index is 0.0584. The van der Waals surface area contributed by atoms with Crippen molar-refractivity contribution in [1.29, 1.82) is 0 Å².